The number of aromatic amines is 1. The third-order valence-electron chi connectivity index (χ3n) is 4.94. The van der Waals surface area contributed by atoms with E-state index in [1.54, 1.807) is 0 Å². The molecule has 24 heavy (non-hydrogen) atoms. The van der Waals surface area contributed by atoms with Gasteiger partial charge in [0.1, 0.15) is 0 Å². The van der Waals surface area contributed by atoms with E-state index in [-0.39, 0.29) is 18.0 Å². The first-order valence-electron chi connectivity index (χ1n) is 8.55. The molecule has 2 aliphatic rings. The summed E-state index contributed by atoms with van der Waals surface area (Å²) in [5.74, 6) is 0.0495. The first kappa shape index (κ1) is 15.6. The quantitative estimate of drug-likeness (QED) is 0.876. The third-order valence-corrected chi connectivity index (χ3v) is 4.94. The van der Waals surface area contributed by atoms with Gasteiger partial charge >= 0.3 is 0 Å². The van der Waals surface area contributed by atoms with Gasteiger partial charge in [0.15, 0.2) is 0 Å². The highest BCUT2D eigenvalue weighted by Crippen LogP contribution is 2.19. The number of rotatable bonds is 4. The topological polar surface area (TPSA) is 66.6 Å². The number of H-pyrrole nitrogens is 1. The van der Waals surface area contributed by atoms with E-state index in [1.807, 2.05) is 30.5 Å². The summed E-state index contributed by atoms with van der Waals surface area (Å²) in [4.78, 5) is 18.1. The Kier molecular flexibility index (Phi) is 4.51. The van der Waals surface area contributed by atoms with Crippen LogP contribution in [0.3, 0.4) is 0 Å². The third kappa shape index (κ3) is 3.17. The average Bonchev–Trinajstić information content (AvgIpc) is 3.23. The molecule has 6 nitrogen and oxygen atoms in total. The lowest BCUT2D eigenvalue weighted by Crippen LogP contribution is -2.54. The van der Waals surface area contributed by atoms with E-state index in [2.05, 4.69) is 15.2 Å². The number of ether oxygens (including phenoxy) is 2. The van der Waals surface area contributed by atoms with Gasteiger partial charge in [0.2, 0.25) is 5.91 Å². The Morgan fingerprint density at radius 2 is 2.04 bits per heavy atom. The molecular weight excluding hydrogens is 306 g/mol. The number of carbonyl (C=O) groups excluding carboxylic acids is 1. The summed E-state index contributed by atoms with van der Waals surface area (Å²) in [5.41, 5.74) is 2.10. The van der Waals surface area contributed by atoms with Gasteiger partial charge in [-0.1, -0.05) is 18.2 Å². The Labute approximate surface area is 141 Å². The van der Waals surface area contributed by atoms with Crippen LogP contribution < -0.4 is 5.32 Å². The maximum Gasteiger partial charge on any atom is 0.224 e. The molecule has 6 heteroatoms. The largest absolute Gasteiger partial charge is 0.379 e. The number of benzene rings is 1. The maximum atomic E-state index is 12.5. The van der Waals surface area contributed by atoms with Gasteiger partial charge in [-0.3, -0.25) is 9.69 Å². The van der Waals surface area contributed by atoms with Crippen molar-refractivity contribution in [2.75, 3.05) is 39.5 Å². The standard InChI is InChI=1S/C18H23N3O3/c22-18(9-13-10-19-15-4-2-1-3-14(13)15)20-16-11-24-12-17(16)21-5-7-23-8-6-21/h1-4,10,16-17,19H,5-9,11-12H2,(H,20,22)/t16-,17-/m0/s1. The Hall–Kier alpha value is -1.89. The Morgan fingerprint density at radius 1 is 1.21 bits per heavy atom. The number of amides is 1. The van der Waals surface area contributed by atoms with Gasteiger partial charge in [-0.15, -0.1) is 0 Å². The van der Waals surface area contributed by atoms with Crippen LogP contribution in [0.25, 0.3) is 10.9 Å². The summed E-state index contributed by atoms with van der Waals surface area (Å²) in [5, 5.41) is 4.28. The SMILES string of the molecule is O=C(Cc1c[nH]c2ccccc12)N[C@H]1COC[C@@H]1N1CCOCC1. The molecule has 2 aromatic rings. The van der Waals surface area contributed by atoms with E-state index in [0.29, 0.717) is 19.6 Å². The maximum absolute atomic E-state index is 12.5. The molecule has 4 rings (SSSR count). The fourth-order valence-corrected chi connectivity index (χ4v) is 3.66. The van der Waals surface area contributed by atoms with Crippen molar-refractivity contribution < 1.29 is 14.3 Å². The number of hydrogen-bond acceptors (Lipinski definition) is 4. The molecule has 1 aromatic heterocycles. The molecular formula is C18H23N3O3. The van der Waals surface area contributed by atoms with Crippen molar-refractivity contribution in [1.29, 1.82) is 0 Å². The zero-order valence-corrected chi connectivity index (χ0v) is 13.7. The zero-order valence-electron chi connectivity index (χ0n) is 13.7. The van der Waals surface area contributed by atoms with Gasteiger partial charge < -0.3 is 19.8 Å². The molecule has 0 radical (unpaired) electrons. The van der Waals surface area contributed by atoms with Gasteiger partial charge in [0, 0.05) is 30.2 Å². The number of nitrogens with zero attached hydrogens (tertiary/aromatic N) is 1. The summed E-state index contributed by atoms with van der Waals surface area (Å²) in [6.45, 7) is 4.59. The highest BCUT2D eigenvalue weighted by molar-refractivity contribution is 5.88. The number of hydrogen-bond donors (Lipinski definition) is 2. The summed E-state index contributed by atoms with van der Waals surface area (Å²) in [6.07, 6.45) is 2.31. The lowest BCUT2D eigenvalue weighted by Gasteiger charge is -2.34. The smallest absolute Gasteiger partial charge is 0.224 e. The second-order valence-electron chi connectivity index (χ2n) is 6.46. The van der Waals surface area contributed by atoms with Crippen molar-refractivity contribution in [3.63, 3.8) is 0 Å². The lowest BCUT2D eigenvalue weighted by atomic mass is 10.1. The fourth-order valence-electron chi connectivity index (χ4n) is 3.66. The van der Waals surface area contributed by atoms with Crippen LogP contribution in [0.15, 0.2) is 30.5 Å². The summed E-state index contributed by atoms with van der Waals surface area (Å²) < 4.78 is 11.0. The summed E-state index contributed by atoms with van der Waals surface area (Å²) in [6, 6.07) is 8.36. The number of fused-ring (bicyclic) bond motifs is 1. The predicted octanol–water partition coefficient (Wildman–Crippen LogP) is 0.926. The first-order chi connectivity index (χ1) is 11.8. The second kappa shape index (κ2) is 6.93. The predicted molar refractivity (Wildman–Crippen MR) is 90.9 cm³/mol. The van der Waals surface area contributed by atoms with Gasteiger partial charge in [-0.2, -0.15) is 0 Å². The fraction of sp³-hybridized carbons (Fsp3) is 0.500. The van der Waals surface area contributed by atoms with E-state index in [4.69, 9.17) is 9.47 Å². The molecule has 2 saturated heterocycles. The molecule has 128 valence electrons. The van der Waals surface area contributed by atoms with Crippen molar-refractivity contribution >= 4 is 16.8 Å². The van der Waals surface area contributed by atoms with Crippen LogP contribution in [0.4, 0.5) is 0 Å². The van der Waals surface area contributed by atoms with Gasteiger partial charge in [-0.25, -0.2) is 0 Å². The summed E-state index contributed by atoms with van der Waals surface area (Å²) >= 11 is 0. The van der Waals surface area contributed by atoms with Crippen LogP contribution in [-0.2, 0) is 20.7 Å². The van der Waals surface area contributed by atoms with Crippen LogP contribution in [-0.4, -0.2) is 67.4 Å². The van der Waals surface area contributed by atoms with Crippen LogP contribution in [0.2, 0.25) is 0 Å². The molecule has 2 atom stereocenters. The Bertz CT molecular complexity index is 708. The average molecular weight is 329 g/mol. The van der Waals surface area contributed by atoms with Crippen LogP contribution >= 0.6 is 0 Å². The van der Waals surface area contributed by atoms with Crippen LogP contribution in [0.1, 0.15) is 5.56 Å². The monoisotopic (exact) mass is 329 g/mol. The molecule has 1 amide bonds. The zero-order chi connectivity index (χ0) is 16.4. The highest BCUT2D eigenvalue weighted by Gasteiger charge is 2.34. The minimum Gasteiger partial charge on any atom is -0.379 e. The van der Waals surface area contributed by atoms with E-state index in [1.165, 1.54) is 0 Å². The van der Waals surface area contributed by atoms with E-state index in [0.717, 1.165) is 42.8 Å². The molecule has 0 bridgehead atoms. The number of nitrogens with one attached hydrogen (secondary N) is 2. The molecule has 0 spiro atoms. The van der Waals surface area contributed by atoms with Crippen molar-refractivity contribution in [2.24, 2.45) is 0 Å². The van der Waals surface area contributed by atoms with Crippen molar-refractivity contribution in [3.8, 4) is 0 Å². The van der Waals surface area contributed by atoms with Crippen molar-refractivity contribution in [1.82, 2.24) is 15.2 Å². The number of aromatic nitrogens is 1. The Balaban J connectivity index is 1.40. The summed E-state index contributed by atoms with van der Waals surface area (Å²) in [7, 11) is 0. The molecule has 0 unspecified atom stereocenters. The van der Waals surface area contributed by atoms with E-state index >= 15 is 0 Å². The molecule has 1 aromatic carbocycles. The van der Waals surface area contributed by atoms with Gasteiger partial charge in [0.25, 0.3) is 0 Å². The first-order valence-corrected chi connectivity index (χ1v) is 8.55. The highest BCUT2D eigenvalue weighted by atomic mass is 16.5. The minimum absolute atomic E-state index is 0.0495. The number of carbonyl (C=O) groups is 1. The molecule has 0 aliphatic carbocycles. The molecule has 2 aliphatic heterocycles. The molecule has 0 saturated carbocycles. The van der Waals surface area contributed by atoms with Crippen molar-refractivity contribution in [3.05, 3.63) is 36.0 Å². The molecule has 2 fully saturated rings. The second-order valence-corrected chi connectivity index (χ2v) is 6.46. The lowest BCUT2D eigenvalue weighted by molar-refractivity contribution is -0.121. The van der Waals surface area contributed by atoms with E-state index in [9.17, 15) is 4.79 Å². The number of morpholine rings is 1. The van der Waals surface area contributed by atoms with Crippen LogP contribution in [0, 0.1) is 0 Å². The van der Waals surface area contributed by atoms with Crippen LogP contribution in [0.5, 0.6) is 0 Å². The van der Waals surface area contributed by atoms with Gasteiger partial charge in [0.05, 0.1) is 44.9 Å². The number of para-hydroxylation sites is 1. The molecule has 2 N–H and O–H groups in total. The van der Waals surface area contributed by atoms with Crippen molar-refractivity contribution in [2.45, 2.75) is 18.5 Å². The van der Waals surface area contributed by atoms with E-state index < -0.39 is 0 Å². The normalized spacial score (nSPS) is 25.2. The minimum atomic E-state index is 0.0495. The Morgan fingerprint density at radius 3 is 2.92 bits per heavy atom. The molecule has 3 heterocycles. The van der Waals surface area contributed by atoms with Gasteiger partial charge in [-0.05, 0) is 11.6 Å².